The molecular weight excluding hydrogens is 1030 g/mol. The van der Waals surface area contributed by atoms with E-state index in [4.69, 9.17) is 22.8 Å². The maximum Gasteiger partial charge on any atom is 0.148 e. The first kappa shape index (κ1) is 34.7. The second-order valence-corrected chi connectivity index (χ2v) is 23.0. The van der Waals surface area contributed by atoms with Crippen LogP contribution in [-0.2, 0) is 48.1 Å². The van der Waals surface area contributed by atoms with Crippen LogP contribution in [0.2, 0.25) is 0 Å². The second-order valence-electron chi connectivity index (χ2n) is 23.0. The Morgan fingerprint density at radius 1 is 0.557 bits per heavy atom. The number of aromatic nitrogens is 3. The molecule has 8 aromatic rings. The first-order valence-electron chi connectivity index (χ1n) is 31.5. The Bertz CT molecular complexity index is 3900. The monoisotopic (exact) mass is 1120 g/mol. The van der Waals surface area contributed by atoms with Crippen LogP contribution < -0.4 is 0 Å². The number of hydrogen-bond donors (Lipinski definition) is 1. The van der Waals surface area contributed by atoms with Crippen LogP contribution >= 0.6 is 0 Å². The van der Waals surface area contributed by atoms with Crippen molar-refractivity contribution in [2.75, 3.05) is 0 Å². The molecule has 0 fully saturated rings. The molecule has 2 heterocycles. The number of aromatic hydroxyl groups is 1. The molecular formula is C65H74N3OPt-. The summed E-state index contributed by atoms with van der Waals surface area (Å²) in [4.78, 5) is 10.00. The molecule has 0 bridgehead atoms. The number of phenolic OH excluding ortho intramolecular Hbond substituents is 1. The molecule has 4 nitrogen and oxygen atoms in total. The number of imidazole rings is 1. The van der Waals surface area contributed by atoms with Crippen LogP contribution in [0.1, 0.15) is 167 Å². The van der Waals surface area contributed by atoms with Crippen LogP contribution in [0.5, 0.6) is 5.75 Å². The van der Waals surface area contributed by atoms with Gasteiger partial charge < -0.3 is 5.11 Å². The van der Waals surface area contributed by atoms with Gasteiger partial charge in [0.2, 0.25) is 0 Å². The molecule has 0 saturated carbocycles. The van der Waals surface area contributed by atoms with Crippen LogP contribution in [0.25, 0.3) is 72.7 Å². The van der Waals surface area contributed by atoms with E-state index in [9.17, 15) is 9.22 Å². The topological polar surface area (TPSA) is 50.9 Å². The number of para-hydroxylation sites is 1. The normalized spacial score (nSPS) is 16.7. The molecule has 0 unspecified atom stereocenters. The van der Waals surface area contributed by atoms with E-state index in [2.05, 4.69) is 128 Å². The van der Waals surface area contributed by atoms with Crippen LogP contribution in [0.15, 0.2) is 133 Å². The van der Waals surface area contributed by atoms with Gasteiger partial charge in [0.25, 0.3) is 0 Å². The Hall–Kier alpha value is -5.57. The molecule has 0 atom stereocenters. The average molecular weight is 1120 g/mol. The third kappa shape index (κ3) is 10.1. The van der Waals surface area contributed by atoms with E-state index in [1.165, 1.54) is 0 Å². The van der Waals surface area contributed by atoms with Gasteiger partial charge in [-0.2, -0.15) is 0 Å². The van der Waals surface area contributed by atoms with Crippen LogP contribution in [0, 0.1) is 11.5 Å². The minimum Gasteiger partial charge on any atom is -0.507 e. The Labute approximate surface area is 456 Å². The summed E-state index contributed by atoms with van der Waals surface area (Å²) in [5.74, 6) is 0.526. The molecule has 5 heteroatoms. The van der Waals surface area contributed by atoms with E-state index in [1.807, 2.05) is 69.3 Å². The number of rotatable bonds is 7. The Morgan fingerprint density at radius 2 is 1.19 bits per heavy atom. The van der Waals surface area contributed by atoms with Crippen molar-refractivity contribution in [3.05, 3.63) is 167 Å². The van der Waals surface area contributed by atoms with Gasteiger partial charge in [0.05, 0.1) is 31.9 Å². The third-order valence-electron chi connectivity index (χ3n) is 13.8. The molecule has 0 aliphatic rings. The van der Waals surface area contributed by atoms with E-state index in [-0.39, 0.29) is 54.3 Å². The minimum atomic E-state index is -3.93. The largest absolute Gasteiger partial charge is 0.507 e. The quantitative estimate of drug-likeness (QED) is 0.162. The number of fused-ring (bicyclic) bond motifs is 1. The van der Waals surface area contributed by atoms with Gasteiger partial charge in [-0.1, -0.05) is 213 Å². The van der Waals surface area contributed by atoms with E-state index in [0.717, 1.165) is 33.5 Å². The molecule has 0 spiro atoms. The summed E-state index contributed by atoms with van der Waals surface area (Å²) < 4.78 is 141. The summed E-state index contributed by atoms with van der Waals surface area (Å²) in [6.07, 6.45) is -0.747. The fraction of sp³-hybridized carbons (Fsp3) is 0.354. The zero-order valence-corrected chi connectivity index (χ0v) is 45.0. The van der Waals surface area contributed by atoms with E-state index < -0.39 is 95.9 Å². The summed E-state index contributed by atoms with van der Waals surface area (Å²) >= 11 is 0. The Balaban J connectivity index is 0.0000106. The van der Waals surface area contributed by atoms with Gasteiger partial charge in [-0.15, -0.1) is 29.3 Å². The van der Waals surface area contributed by atoms with Crippen molar-refractivity contribution in [2.45, 2.75) is 145 Å². The maximum absolute atomic E-state index is 12.7. The average Bonchev–Trinajstić information content (AvgIpc) is 0.750. The van der Waals surface area contributed by atoms with Crippen molar-refractivity contribution < 1.29 is 48.1 Å². The van der Waals surface area contributed by atoms with E-state index in [1.54, 1.807) is 6.07 Å². The molecule has 8 rings (SSSR count). The zero-order valence-electron chi connectivity index (χ0n) is 58.8. The van der Waals surface area contributed by atoms with Crippen molar-refractivity contribution in [3.63, 3.8) is 0 Å². The van der Waals surface area contributed by atoms with Crippen molar-refractivity contribution in [1.82, 2.24) is 14.5 Å². The minimum absolute atomic E-state index is 0. The number of pyridine rings is 1. The standard InChI is InChI=1S/C65H74N3O.Pt/c1-60(2,3)46-28-26-41(27-29-46)43-32-33-66-54(37-43)45-34-44(35-48(36-45)61(4,5)6)50-24-21-25-56-57(50)67-59(52-39-49(62(7,8)9)40-53(58(52)69)63(10,11)12)68(56)55-31-30-47(65(16,17)64(13,14)15)38-51(55)42-22-19-18-20-23-42;/h18-33,35-40,69H,1-17H3;/q-1;/i1D3,2D3,3D3,26D,27D,28D,29D,32D,33D,37D;. The first-order chi connectivity index (χ1) is 38.7. The van der Waals surface area contributed by atoms with E-state index >= 15 is 0 Å². The molecule has 2 aromatic heterocycles. The van der Waals surface area contributed by atoms with Crippen molar-refractivity contribution in [1.29, 1.82) is 0 Å². The number of benzene rings is 6. The summed E-state index contributed by atoms with van der Waals surface area (Å²) in [5.41, 5.74) is 0.215. The summed E-state index contributed by atoms with van der Waals surface area (Å²) in [6.45, 7) is 17.9. The SMILES string of the molecule is [2H]c1nc(-c2[c-]c(-c3cccc4c3nc(-c3cc(C(C)(C)C)cc(C(C)(C)C)c3O)n4-c3ccc(C(C)(C)C(C)(C)C)cc3-c3ccccc3)cc(C(C)(C)C)c2)c([2H])c(-c2c([2H])c([2H])c(C(C([2H])([2H])[2H])(C([2H])([2H])[2H])C([2H])([2H])[2H])c([2H])c2[2H])c1[2H].[Pt]. The smallest absolute Gasteiger partial charge is 0.148 e. The van der Waals surface area contributed by atoms with Gasteiger partial charge in [0.1, 0.15) is 11.6 Å². The van der Waals surface area contributed by atoms with Gasteiger partial charge >= 0.3 is 0 Å². The van der Waals surface area contributed by atoms with Gasteiger partial charge in [0, 0.05) is 56.4 Å². The molecule has 0 aliphatic heterocycles. The predicted molar refractivity (Wildman–Crippen MR) is 294 cm³/mol. The Morgan fingerprint density at radius 3 is 1.80 bits per heavy atom. The van der Waals surface area contributed by atoms with Gasteiger partial charge in [-0.05, 0) is 96.2 Å². The van der Waals surface area contributed by atoms with Gasteiger partial charge in [-0.25, -0.2) is 4.98 Å². The fourth-order valence-electron chi connectivity index (χ4n) is 8.42. The maximum atomic E-state index is 12.7. The van der Waals surface area contributed by atoms with Crippen LogP contribution in [0.3, 0.4) is 0 Å². The second kappa shape index (κ2) is 18.6. The molecule has 0 radical (unpaired) electrons. The van der Waals surface area contributed by atoms with Crippen molar-refractivity contribution in [2.24, 2.45) is 5.41 Å². The molecule has 1 N–H and O–H groups in total. The van der Waals surface area contributed by atoms with Gasteiger partial charge in [-0.3, -0.25) is 9.55 Å². The number of hydrogen-bond acceptors (Lipinski definition) is 3. The Kier molecular flexibility index (Phi) is 9.20. The molecule has 0 amide bonds. The first-order valence-corrected chi connectivity index (χ1v) is 23.5. The molecule has 0 aliphatic carbocycles. The number of nitrogens with zero attached hydrogens (tertiary/aromatic N) is 3. The van der Waals surface area contributed by atoms with Crippen molar-refractivity contribution >= 4 is 11.0 Å². The summed E-state index contributed by atoms with van der Waals surface area (Å²) in [7, 11) is 0. The van der Waals surface area contributed by atoms with Crippen molar-refractivity contribution in [3.8, 4) is 67.5 Å². The van der Waals surface area contributed by atoms with Crippen LogP contribution in [-0.4, -0.2) is 19.6 Å². The number of phenols is 1. The molecule has 0 saturated heterocycles. The molecule has 6 aromatic carbocycles. The van der Waals surface area contributed by atoms with E-state index in [0.29, 0.717) is 39.1 Å². The van der Waals surface area contributed by atoms with Gasteiger partial charge in [0.15, 0.2) is 0 Å². The van der Waals surface area contributed by atoms with Crippen LogP contribution in [0.4, 0.5) is 0 Å². The fourth-order valence-corrected chi connectivity index (χ4v) is 8.42. The molecule has 70 heavy (non-hydrogen) atoms. The zero-order chi connectivity index (χ0) is 63.8. The summed E-state index contributed by atoms with van der Waals surface area (Å²) in [5, 5.41) is 12.7. The third-order valence-corrected chi connectivity index (χ3v) is 13.8. The predicted octanol–water partition coefficient (Wildman–Crippen LogP) is 17.8. The molecule has 366 valence electrons. The summed E-state index contributed by atoms with van der Waals surface area (Å²) in [6, 6.07) is 27.3.